The van der Waals surface area contributed by atoms with Gasteiger partial charge in [-0.3, -0.25) is 0 Å². The predicted octanol–water partition coefficient (Wildman–Crippen LogP) is 3.35. The van der Waals surface area contributed by atoms with Gasteiger partial charge in [0.1, 0.15) is 0 Å². The van der Waals surface area contributed by atoms with Crippen LogP contribution in [0.2, 0.25) is 0 Å². The predicted molar refractivity (Wildman–Crippen MR) is 101 cm³/mol. The molecule has 0 bridgehead atoms. The third-order valence-corrected chi connectivity index (χ3v) is 6.61. The fraction of sp³-hybridized carbons (Fsp3) is 0.200. The van der Waals surface area contributed by atoms with Crippen molar-refractivity contribution >= 4 is 26.5 Å². The number of benzene rings is 3. The molecule has 4 rings (SSSR count). The van der Waals surface area contributed by atoms with Crippen molar-refractivity contribution in [3.8, 4) is 0 Å². The molecule has 4 nitrogen and oxygen atoms in total. The van der Waals surface area contributed by atoms with Gasteiger partial charge in [-0.1, -0.05) is 48.5 Å². The minimum atomic E-state index is -3.45. The molecule has 1 heterocycles. The van der Waals surface area contributed by atoms with E-state index in [1.54, 1.807) is 16.4 Å². The molecule has 0 atom stereocenters. The lowest BCUT2D eigenvalue weighted by Gasteiger charge is -2.35. The largest absolute Gasteiger partial charge is 0.369 e. The minimum Gasteiger partial charge on any atom is -0.369 e. The van der Waals surface area contributed by atoms with Crippen molar-refractivity contribution in [1.82, 2.24) is 4.31 Å². The highest BCUT2D eigenvalue weighted by Crippen LogP contribution is 2.24. The van der Waals surface area contributed by atoms with Crippen molar-refractivity contribution in [3.05, 3.63) is 72.8 Å². The van der Waals surface area contributed by atoms with Gasteiger partial charge in [0.25, 0.3) is 0 Å². The number of hydrogen-bond acceptors (Lipinski definition) is 3. The summed E-state index contributed by atoms with van der Waals surface area (Å²) in [5.41, 5.74) is 1.14. The summed E-state index contributed by atoms with van der Waals surface area (Å²) < 4.78 is 27.6. The van der Waals surface area contributed by atoms with Crippen molar-refractivity contribution in [2.45, 2.75) is 4.90 Å². The Labute approximate surface area is 148 Å². The molecule has 0 saturated carbocycles. The Hall–Kier alpha value is -2.37. The van der Waals surface area contributed by atoms with Gasteiger partial charge < -0.3 is 4.90 Å². The smallest absolute Gasteiger partial charge is 0.243 e. The van der Waals surface area contributed by atoms with Gasteiger partial charge in [-0.05, 0) is 35.0 Å². The topological polar surface area (TPSA) is 40.6 Å². The molecule has 0 aromatic heterocycles. The van der Waals surface area contributed by atoms with E-state index in [0.29, 0.717) is 31.1 Å². The molecule has 3 aromatic carbocycles. The van der Waals surface area contributed by atoms with Gasteiger partial charge in [0.15, 0.2) is 0 Å². The van der Waals surface area contributed by atoms with Gasteiger partial charge in [0.2, 0.25) is 10.0 Å². The van der Waals surface area contributed by atoms with Gasteiger partial charge in [0.05, 0.1) is 4.90 Å². The molecule has 0 aliphatic carbocycles. The molecule has 0 N–H and O–H groups in total. The number of piperazine rings is 1. The highest BCUT2D eigenvalue weighted by atomic mass is 32.2. The SMILES string of the molecule is O=S(=O)(c1ccc2ccccc2c1)N1CCN(c2ccccc2)CC1. The Balaban J connectivity index is 1.54. The van der Waals surface area contributed by atoms with E-state index in [1.807, 2.05) is 48.5 Å². The Morgan fingerprint density at radius 1 is 0.680 bits per heavy atom. The molecule has 0 radical (unpaired) electrons. The summed E-state index contributed by atoms with van der Waals surface area (Å²) in [6.45, 7) is 2.42. The summed E-state index contributed by atoms with van der Waals surface area (Å²) in [7, 11) is -3.45. The highest BCUT2D eigenvalue weighted by Gasteiger charge is 2.28. The zero-order valence-corrected chi connectivity index (χ0v) is 14.7. The van der Waals surface area contributed by atoms with E-state index in [4.69, 9.17) is 0 Å². The summed E-state index contributed by atoms with van der Waals surface area (Å²) in [4.78, 5) is 2.60. The van der Waals surface area contributed by atoms with E-state index < -0.39 is 10.0 Å². The standard InChI is InChI=1S/C20H20N2O2S/c23-25(24,20-11-10-17-6-4-5-7-18(17)16-20)22-14-12-21(13-15-22)19-8-2-1-3-9-19/h1-11,16H,12-15H2. The molecular formula is C20H20N2O2S. The van der Waals surface area contributed by atoms with Crippen molar-refractivity contribution in [1.29, 1.82) is 0 Å². The number of hydrogen-bond donors (Lipinski definition) is 0. The number of rotatable bonds is 3. The van der Waals surface area contributed by atoms with Crippen molar-refractivity contribution in [2.75, 3.05) is 31.1 Å². The van der Waals surface area contributed by atoms with E-state index in [0.717, 1.165) is 16.5 Å². The average Bonchev–Trinajstić information content (AvgIpc) is 2.68. The van der Waals surface area contributed by atoms with Crippen molar-refractivity contribution in [2.24, 2.45) is 0 Å². The molecule has 0 unspecified atom stereocenters. The average molecular weight is 352 g/mol. The Morgan fingerprint density at radius 2 is 1.32 bits per heavy atom. The monoisotopic (exact) mass is 352 g/mol. The molecule has 1 saturated heterocycles. The molecule has 128 valence electrons. The van der Waals surface area contributed by atoms with Crippen LogP contribution in [-0.2, 0) is 10.0 Å². The quantitative estimate of drug-likeness (QED) is 0.726. The molecule has 1 aliphatic rings. The van der Waals surface area contributed by atoms with E-state index in [2.05, 4.69) is 17.0 Å². The van der Waals surface area contributed by atoms with Crippen molar-refractivity contribution in [3.63, 3.8) is 0 Å². The van der Waals surface area contributed by atoms with Crippen LogP contribution in [0.4, 0.5) is 5.69 Å². The summed E-state index contributed by atoms with van der Waals surface area (Å²) >= 11 is 0. The van der Waals surface area contributed by atoms with Crippen LogP contribution >= 0.6 is 0 Å². The first-order chi connectivity index (χ1) is 12.1. The third-order valence-electron chi connectivity index (χ3n) is 4.72. The molecule has 1 aliphatic heterocycles. The molecule has 25 heavy (non-hydrogen) atoms. The van der Waals surface area contributed by atoms with E-state index in [9.17, 15) is 8.42 Å². The Morgan fingerprint density at radius 3 is 2.04 bits per heavy atom. The molecule has 0 amide bonds. The third kappa shape index (κ3) is 3.13. The normalized spacial score (nSPS) is 16.2. The van der Waals surface area contributed by atoms with Crippen LogP contribution in [0.5, 0.6) is 0 Å². The number of fused-ring (bicyclic) bond motifs is 1. The van der Waals surface area contributed by atoms with E-state index >= 15 is 0 Å². The zero-order valence-electron chi connectivity index (χ0n) is 13.9. The Bertz CT molecular complexity index is 979. The molecular weight excluding hydrogens is 332 g/mol. The first-order valence-corrected chi connectivity index (χ1v) is 9.87. The fourth-order valence-corrected chi connectivity index (χ4v) is 4.76. The summed E-state index contributed by atoms with van der Waals surface area (Å²) in [6, 6.07) is 23.3. The van der Waals surface area contributed by atoms with E-state index in [-0.39, 0.29) is 0 Å². The zero-order chi connectivity index (χ0) is 17.3. The van der Waals surface area contributed by atoms with Gasteiger partial charge in [-0.15, -0.1) is 0 Å². The van der Waals surface area contributed by atoms with Crippen LogP contribution in [0.15, 0.2) is 77.7 Å². The molecule has 1 fully saturated rings. The summed E-state index contributed by atoms with van der Waals surface area (Å²) in [5, 5.41) is 2.00. The van der Waals surface area contributed by atoms with Gasteiger partial charge in [-0.2, -0.15) is 4.31 Å². The van der Waals surface area contributed by atoms with E-state index in [1.165, 1.54) is 0 Å². The second-order valence-corrected chi connectivity index (χ2v) is 8.17. The molecule has 0 spiro atoms. The number of sulfonamides is 1. The maximum Gasteiger partial charge on any atom is 0.243 e. The second-order valence-electron chi connectivity index (χ2n) is 6.24. The lowest BCUT2D eigenvalue weighted by molar-refractivity contribution is 0.385. The second kappa shape index (κ2) is 6.50. The maximum atomic E-state index is 13.0. The van der Waals surface area contributed by atoms with Crippen LogP contribution in [0, 0.1) is 0 Å². The van der Waals surface area contributed by atoms with Crippen LogP contribution in [0.1, 0.15) is 0 Å². The van der Waals surface area contributed by atoms with Gasteiger partial charge in [0, 0.05) is 31.9 Å². The lowest BCUT2D eigenvalue weighted by atomic mass is 10.1. The fourth-order valence-electron chi connectivity index (χ4n) is 3.30. The molecule has 3 aromatic rings. The number of anilines is 1. The van der Waals surface area contributed by atoms with Gasteiger partial charge >= 0.3 is 0 Å². The lowest BCUT2D eigenvalue weighted by Crippen LogP contribution is -2.48. The first kappa shape index (κ1) is 16.1. The number of para-hydroxylation sites is 1. The summed E-state index contributed by atoms with van der Waals surface area (Å²) in [6.07, 6.45) is 0. The van der Waals surface area contributed by atoms with Gasteiger partial charge in [-0.25, -0.2) is 8.42 Å². The minimum absolute atomic E-state index is 0.374. The van der Waals surface area contributed by atoms with Crippen molar-refractivity contribution < 1.29 is 8.42 Å². The number of nitrogens with zero attached hydrogens (tertiary/aromatic N) is 2. The maximum absolute atomic E-state index is 13.0. The summed E-state index contributed by atoms with van der Waals surface area (Å²) in [5.74, 6) is 0. The Kier molecular flexibility index (Phi) is 4.19. The van der Waals surface area contributed by atoms with Crippen LogP contribution in [0.25, 0.3) is 10.8 Å². The highest BCUT2D eigenvalue weighted by molar-refractivity contribution is 7.89. The van der Waals surface area contributed by atoms with Crippen LogP contribution in [-0.4, -0.2) is 38.9 Å². The molecule has 5 heteroatoms. The van der Waals surface area contributed by atoms with Crippen LogP contribution in [0.3, 0.4) is 0 Å². The first-order valence-electron chi connectivity index (χ1n) is 8.43. The van der Waals surface area contributed by atoms with Crippen LogP contribution < -0.4 is 4.90 Å².